The quantitative estimate of drug-likeness (QED) is 0.135. The number of aryl methyl sites for hydroxylation is 1. The third kappa shape index (κ3) is 11.4. The van der Waals surface area contributed by atoms with Crippen molar-refractivity contribution in [3.8, 4) is 0 Å². The number of benzene rings is 1. The van der Waals surface area contributed by atoms with Gasteiger partial charge in [0.25, 0.3) is 0 Å². The van der Waals surface area contributed by atoms with Crippen molar-refractivity contribution in [3.05, 3.63) is 48.2 Å². The molecule has 4 saturated heterocycles. The highest BCUT2D eigenvalue weighted by Gasteiger charge is 2.49. The Bertz CT molecular complexity index is 2350. The van der Waals surface area contributed by atoms with Crippen LogP contribution in [-0.4, -0.2) is 171 Å². The van der Waals surface area contributed by atoms with Crippen LogP contribution in [0.4, 0.5) is 37.6 Å². The number of imide groups is 1. The zero-order chi connectivity index (χ0) is 48.2. The number of piperazine rings is 2. The molecule has 4 aliphatic heterocycles. The van der Waals surface area contributed by atoms with Gasteiger partial charge >= 0.3 is 5.97 Å². The molecule has 0 bridgehead atoms. The van der Waals surface area contributed by atoms with Crippen LogP contribution in [0, 0.1) is 17.7 Å². The zero-order valence-electron chi connectivity index (χ0n) is 39.6. The Morgan fingerprint density at radius 2 is 1.54 bits per heavy atom. The van der Waals surface area contributed by atoms with Gasteiger partial charge in [0.2, 0.25) is 29.6 Å². The number of aromatic nitrogens is 4. The predicted molar refractivity (Wildman–Crippen MR) is 253 cm³/mol. The molecule has 0 radical (unpaired) electrons. The fourth-order valence-electron chi connectivity index (χ4n) is 11.0. The molecule has 2 saturated carbocycles. The minimum Gasteiger partial charge on any atom is -0.462 e. The summed E-state index contributed by atoms with van der Waals surface area (Å²) in [6, 6.07) is 4.69. The van der Waals surface area contributed by atoms with Crippen molar-refractivity contribution in [2.45, 2.75) is 94.9 Å². The molecule has 3 aromatic rings. The van der Waals surface area contributed by atoms with Crippen LogP contribution in [0.25, 0.3) is 0 Å². The molecule has 2 aromatic heterocycles. The molecule has 19 nitrogen and oxygen atoms in total. The fraction of sp³-hybridized carbons (Fsp3) is 0.625. The van der Waals surface area contributed by atoms with E-state index in [1.54, 1.807) is 34.8 Å². The van der Waals surface area contributed by atoms with E-state index in [-0.39, 0.29) is 68.3 Å². The Kier molecular flexibility index (Phi) is 14.6. The standard InChI is InChI=1S/C48H65F2N13O6/c1-3-69-46(68)37-26-51-47(55-35-25-52-58(2)27-35)57-42(37)54-33-8-11-36(12-9-33)60-20-22-62(23-21-60)44(66)31-4-6-32(7-5-31)45(67)63-29-48(50,30-63)28-59-16-18-61(19-17-59)40-14-10-34(24-38(40)49)53-39-13-15-41(64)56-43(39)65/h10,14,24-27,31-33,36,39,53H,3-9,11-13,15-23,28-30H2,1-2H3,(H,56,64,65)(H2,51,54,55,57). The first-order valence-corrected chi connectivity index (χ1v) is 24.7. The van der Waals surface area contributed by atoms with Crippen LogP contribution in [0.1, 0.15) is 81.5 Å². The molecular weight excluding hydrogens is 893 g/mol. The Labute approximate surface area is 401 Å². The number of likely N-dealkylation sites (tertiary alicyclic amines) is 1. The van der Waals surface area contributed by atoms with Gasteiger partial charge in [-0.1, -0.05) is 0 Å². The first-order valence-electron chi connectivity index (χ1n) is 24.7. The van der Waals surface area contributed by atoms with E-state index in [0.717, 1.165) is 44.5 Å². The van der Waals surface area contributed by atoms with Crippen molar-refractivity contribution in [1.82, 2.24) is 44.7 Å². The Morgan fingerprint density at radius 3 is 2.17 bits per heavy atom. The molecule has 1 aromatic carbocycles. The number of hydrogen-bond acceptors (Lipinski definition) is 15. The van der Waals surface area contributed by atoms with E-state index in [9.17, 15) is 24.0 Å². The number of ether oxygens (including phenoxy) is 1. The van der Waals surface area contributed by atoms with E-state index >= 15 is 8.78 Å². The van der Waals surface area contributed by atoms with Gasteiger partial charge in [-0.25, -0.2) is 18.6 Å². The maximum Gasteiger partial charge on any atom is 0.343 e. The number of nitrogens with one attached hydrogen (secondary N) is 4. The van der Waals surface area contributed by atoms with E-state index in [2.05, 4.69) is 41.2 Å². The Morgan fingerprint density at radius 1 is 0.841 bits per heavy atom. The summed E-state index contributed by atoms with van der Waals surface area (Å²) in [5.41, 5.74) is 0.438. The number of carbonyl (C=O) groups excluding carboxylic acids is 5. The molecule has 1 unspecified atom stereocenters. The Balaban J connectivity index is 0.661. The average Bonchev–Trinajstić information content (AvgIpc) is 3.75. The lowest BCUT2D eigenvalue weighted by Gasteiger charge is -2.49. The average molecular weight is 958 g/mol. The summed E-state index contributed by atoms with van der Waals surface area (Å²) in [6.07, 6.45) is 11.9. The molecule has 69 heavy (non-hydrogen) atoms. The first-order chi connectivity index (χ1) is 33.3. The highest BCUT2D eigenvalue weighted by molar-refractivity contribution is 6.01. The monoisotopic (exact) mass is 958 g/mol. The maximum absolute atomic E-state index is 15.9. The van der Waals surface area contributed by atoms with E-state index in [1.165, 1.54) is 12.3 Å². The van der Waals surface area contributed by atoms with Crippen molar-refractivity contribution in [3.63, 3.8) is 0 Å². The summed E-state index contributed by atoms with van der Waals surface area (Å²) in [5.74, 6) is -0.954. The minimum atomic E-state index is -1.49. The molecule has 6 fully saturated rings. The second kappa shape index (κ2) is 21.0. The van der Waals surface area contributed by atoms with Gasteiger partial charge in [-0.3, -0.25) is 39.0 Å². The number of anilines is 5. The summed E-state index contributed by atoms with van der Waals surface area (Å²) in [4.78, 5) is 82.7. The van der Waals surface area contributed by atoms with Crippen LogP contribution >= 0.6 is 0 Å². The summed E-state index contributed by atoms with van der Waals surface area (Å²) in [7, 11) is 1.82. The predicted octanol–water partition coefficient (Wildman–Crippen LogP) is 3.53. The second-order valence-electron chi connectivity index (χ2n) is 19.7. The van der Waals surface area contributed by atoms with E-state index in [1.807, 2.05) is 27.9 Å². The van der Waals surface area contributed by atoms with Crippen LogP contribution in [0.15, 0.2) is 36.8 Å². The summed E-state index contributed by atoms with van der Waals surface area (Å²) >= 11 is 0. The number of halogens is 2. The molecule has 4 amide bonds. The van der Waals surface area contributed by atoms with Gasteiger partial charge in [0.15, 0.2) is 5.67 Å². The summed E-state index contributed by atoms with van der Waals surface area (Å²) < 4.78 is 38.1. The number of nitrogens with zero attached hydrogens (tertiary/aromatic N) is 9. The van der Waals surface area contributed by atoms with Crippen molar-refractivity contribution in [1.29, 1.82) is 0 Å². The molecule has 2 aliphatic carbocycles. The number of amides is 4. The van der Waals surface area contributed by atoms with Crippen LogP contribution in [0.5, 0.6) is 0 Å². The highest BCUT2D eigenvalue weighted by Crippen LogP contribution is 2.36. The third-order valence-electron chi connectivity index (χ3n) is 14.9. The van der Waals surface area contributed by atoms with Gasteiger partial charge in [0.05, 0.1) is 37.3 Å². The van der Waals surface area contributed by atoms with Gasteiger partial charge in [-0.2, -0.15) is 10.1 Å². The molecule has 6 aliphatic rings. The first kappa shape index (κ1) is 48.1. The molecule has 1 atom stereocenters. The fourth-order valence-corrected chi connectivity index (χ4v) is 11.0. The van der Waals surface area contributed by atoms with Crippen LogP contribution in [-0.2, 0) is 31.0 Å². The van der Waals surface area contributed by atoms with Gasteiger partial charge in [0.1, 0.15) is 23.2 Å². The number of esters is 1. The molecule has 21 heteroatoms. The lowest BCUT2D eigenvalue weighted by molar-refractivity contribution is -0.154. The zero-order valence-corrected chi connectivity index (χ0v) is 39.6. The van der Waals surface area contributed by atoms with Gasteiger partial charge < -0.3 is 35.4 Å². The second-order valence-corrected chi connectivity index (χ2v) is 19.7. The number of carbonyl (C=O) groups is 5. The number of hydrogen-bond donors (Lipinski definition) is 4. The molecule has 9 rings (SSSR count). The van der Waals surface area contributed by atoms with Crippen molar-refractivity contribution in [2.24, 2.45) is 18.9 Å². The van der Waals surface area contributed by atoms with Crippen molar-refractivity contribution >= 4 is 58.4 Å². The number of alkyl halides is 1. The van der Waals surface area contributed by atoms with Gasteiger partial charge in [-0.05, 0) is 82.9 Å². The molecule has 4 N–H and O–H groups in total. The van der Waals surface area contributed by atoms with Crippen molar-refractivity contribution < 1.29 is 37.5 Å². The van der Waals surface area contributed by atoms with E-state index in [0.29, 0.717) is 106 Å². The van der Waals surface area contributed by atoms with E-state index < -0.39 is 29.4 Å². The molecule has 6 heterocycles. The third-order valence-corrected chi connectivity index (χ3v) is 14.9. The smallest absolute Gasteiger partial charge is 0.343 e. The SMILES string of the molecule is CCOC(=O)c1cnc(Nc2cnn(C)c2)nc1NC1CCC(N2CCN(C(=O)C3CCC(C(=O)N4CC(F)(CN5CCN(c6ccc(NC7CCC(=O)NC7=O)cc6F)CC5)C4)CC3)CC2)CC1. The normalized spacial score (nSPS) is 25.6. The summed E-state index contributed by atoms with van der Waals surface area (Å²) in [5, 5.41) is 16.1. The molecule has 0 spiro atoms. The largest absolute Gasteiger partial charge is 0.462 e. The van der Waals surface area contributed by atoms with Crippen LogP contribution in [0.3, 0.4) is 0 Å². The topological polar surface area (TPSA) is 202 Å². The number of piperidine rings is 1. The maximum atomic E-state index is 15.9. The minimum absolute atomic E-state index is 0.0115. The van der Waals surface area contributed by atoms with Gasteiger partial charge in [-0.15, -0.1) is 0 Å². The highest BCUT2D eigenvalue weighted by atomic mass is 19.1. The van der Waals surface area contributed by atoms with Gasteiger partial charge in [0, 0.05) is 114 Å². The molecule has 372 valence electrons. The number of rotatable bonds is 14. The lowest BCUT2D eigenvalue weighted by atomic mass is 9.79. The van der Waals surface area contributed by atoms with Crippen LogP contribution < -0.4 is 26.2 Å². The van der Waals surface area contributed by atoms with Crippen molar-refractivity contribution in [2.75, 3.05) is 99.4 Å². The lowest BCUT2D eigenvalue weighted by Crippen LogP contribution is -2.67. The van der Waals surface area contributed by atoms with E-state index in [4.69, 9.17) is 4.74 Å². The molecular formula is C48H65F2N13O6. The Hall–Kier alpha value is -5.96. The summed E-state index contributed by atoms with van der Waals surface area (Å²) in [6.45, 7) is 7.52. The van der Waals surface area contributed by atoms with Crippen LogP contribution in [0.2, 0.25) is 0 Å².